The lowest BCUT2D eigenvalue weighted by molar-refractivity contribution is -0.132. The zero-order valence-corrected chi connectivity index (χ0v) is 5.55. The molecule has 0 saturated carbocycles. The summed E-state index contributed by atoms with van der Waals surface area (Å²) in [6.07, 6.45) is 1.24. The van der Waals surface area contributed by atoms with Crippen LogP contribution in [0.1, 0.15) is 13.8 Å². The molecular weight excluding hydrogens is 120 g/mol. The van der Waals surface area contributed by atoms with E-state index in [1.165, 1.54) is 13.2 Å². The highest BCUT2D eigenvalue weighted by atomic mass is 16.5. The summed E-state index contributed by atoms with van der Waals surface area (Å²) in [7, 11) is 0. The maximum absolute atomic E-state index is 10.1. The first-order chi connectivity index (χ1) is 4.18. The van der Waals surface area contributed by atoms with E-state index in [0.717, 1.165) is 0 Å². The van der Waals surface area contributed by atoms with Crippen LogP contribution in [-0.4, -0.2) is 17.7 Å². The van der Waals surface area contributed by atoms with Crippen LogP contribution in [-0.2, 0) is 9.53 Å². The quantitative estimate of drug-likeness (QED) is 0.458. The summed E-state index contributed by atoms with van der Waals surface area (Å²) in [4.78, 5) is 10.1. The SMILES string of the molecule is CCOC=C(C)C(=O)O. The van der Waals surface area contributed by atoms with Gasteiger partial charge in [0.25, 0.3) is 0 Å². The van der Waals surface area contributed by atoms with Crippen LogP contribution in [0.15, 0.2) is 11.8 Å². The van der Waals surface area contributed by atoms with Crippen molar-refractivity contribution in [2.45, 2.75) is 13.8 Å². The molecule has 0 heterocycles. The van der Waals surface area contributed by atoms with Crippen molar-refractivity contribution >= 4 is 5.97 Å². The van der Waals surface area contributed by atoms with Gasteiger partial charge in [0.2, 0.25) is 0 Å². The number of carboxylic acid groups (broad SMARTS) is 1. The molecule has 0 aromatic heterocycles. The second-order valence-electron chi connectivity index (χ2n) is 1.56. The standard InChI is InChI=1S/C6H10O3/c1-3-9-4-5(2)6(7)8/h4H,3H2,1-2H3,(H,7,8). The van der Waals surface area contributed by atoms with Gasteiger partial charge in [-0.1, -0.05) is 0 Å². The first kappa shape index (κ1) is 8.01. The van der Waals surface area contributed by atoms with Crippen molar-refractivity contribution in [3.05, 3.63) is 11.8 Å². The minimum atomic E-state index is -0.941. The highest BCUT2D eigenvalue weighted by molar-refractivity contribution is 5.85. The Kier molecular flexibility index (Phi) is 3.51. The third-order valence-corrected chi connectivity index (χ3v) is 0.764. The molecule has 0 amide bonds. The molecule has 0 rings (SSSR count). The van der Waals surface area contributed by atoms with Gasteiger partial charge in [0.1, 0.15) is 0 Å². The van der Waals surface area contributed by atoms with E-state index < -0.39 is 5.97 Å². The zero-order valence-electron chi connectivity index (χ0n) is 5.55. The van der Waals surface area contributed by atoms with Gasteiger partial charge in [-0.2, -0.15) is 0 Å². The Hall–Kier alpha value is -0.990. The van der Waals surface area contributed by atoms with Crippen LogP contribution >= 0.6 is 0 Å². The lowest BCUT2D eigenvalue weighted by Gasteiger charge is -1.93. The van der Waals surface area contributed by atoms with Gasteiger partial charge in [-0.15, -0.1) is 0 Å². The Morgan fingerprint density at radius 2 is 2.33 bits per heavy atom. The summed E-state index contributed by atoms with van der Waals surface area (Å²) in [5, 5.41) is 8.26. The summed E-state index contributed by atoms with van der Waals surface area (Å²) in [5.41, 5.74) is 0.219. The van der Waals surface area contributed by atoms with Crippen molar-refractivity contribution in [1.82, 2.24) is 0 Å². The fraction of sp³-hybridized carbons (Fsp3) is 0.500. The van der Waals surface area contributed by atoms with Gasteiger partial charge in [0, 0.05) is 0 Å². The topological polar surface area (TPSA) is 46.5 Å². The monoisotopic (exact) mass is 130 g/mol. The van der Waals surface area contributed by atoms with Crippen molar-refractivity contribution in [3.8, 4) is 0 Å². The molecule has 0 radical (unpaired) electrons. The van der Waals surface area contributed by atoms with Crippen LogP contribution in [0.2, 0.25) is 0 Å². The van der Waals surface area contributed by atoms with Gasteiger partial charge >= 0.3 is 5.97 Å². The maximum atomic E-state index is 10.1. The number of rotatable bonds is 3. The van der Waals surface area contributed by atoms with Gasteiger partial charge in [-0.3, -0.25) is 0 Å². The number of aliphatic carboxylic acids is 1. The largest absolute Gasteiger partial charge is 0.501 e. The van der Waals surface area contributed by atoms with Gasteiger partial charge in [0.15, 0.2) is 0 Å². The zero-order chi connectivity index (χ0) is 7.28. The minimum absolute atomic E-state index is 0.219. The van der Waals surface area contributed by atoms with E-state index in [-0.39, 0.29) is 5.57 Å². The maximum Gasteiger partial charge on any atom is 0.334 e. The molecular formula is C6H10O3. The molecule has 0 aliphatic heterocycles. The summed E-state index contributed by atoms with van der Waals surface area (Å²) in [6, 6.07) is 0. The van der Waals surface area contributed by atoms with E-state index in [0.29, 0.717) is 6.61 Å². The van der Waals surface area contributed by atoms with Crippen LogP contribution in [0, 0.1) is 0 Å². The number of hydrogen-bond donors (Lipinski definition) is 1. The van der Waals surface area contributed by atoms with E-state index in [1.807, 2.05) is 0 Å². The second-order valence-corrected chi connectivity index (χ2v) is 1.56. The molecule has 0 aromatic carbocycles. The fourth-order valence-electron chi connectivity index (χ4n) is 0.259. The van der Waals surface area contributed by atoms with Crippen LogP contribution in [0.25, 0.3) is 0 Å². The van der Waals surface area contributed by atoms with Gasteiger partial charge in [0.05, 0.1) is 18.4 Å². The van der Waals surface area contributed by atoms with Crippen LogP contribution in [0.5, 0.6) is 0 Å². The molecule has 0 aliphatic rings. The summed E-state index contributed by atoms with van der Waals surface area (Å²) >= 11 is 0. The Labute approximate surface area is 53.9 Å². The first-order valence-electron chi connectivity index (χ1n) is 2.70. The second kappa shape index (κ2) is 3.95. The smallest absolute Gasteiger partial charge is 0.334 e. The van der Waals surface area contributed by atoms with E-state index in [4.69, 9.17) is 9.84 Å². The molecule has 0 spiro atoms. The van der Waals surface area contributed by atoms with Crippen molar-refractivity contribution in [1.29, 1.82) is 0 Å². The van der Waals surface area contributed by atoms with Crippen LogP contribution < -0.4 is 0 Å². The number of hydrogen-bond acceptors (Lipinski definition) is 2. The minimum Gasteiger partial charge on any atom is -0.501 e. The molecule has 0 atom stereocenters. The Morgan fingerprint density at radius 3 is 2.67 bits per heavy atom. The molecule has 1 N–H and O–H groups in total. The molecule has 0 bridgehead atoms. The molecule has 0 unspecified atom stereocenters. The molecule has 0 saturated heterocycles. The summed E-state index contributed by atoms with van der Waals surface area (Å²) in [6.45, 7) is 3.79. The number of ether oxygens (including phenoxy) is 1. The molecule has 3 nitrogen and oxygen atoms in total. The van der Waals surface area contributed by atoms with E-state index in [1.54, 1.807) is 6.92 Å². The normalized spacial score (nSPS) is 11.1. The van der Waals surface area contributed by atoms with Gasteiger partial charge < -0.3 is 9.84 Å². The molecule has 0 fully saturated rings. The van der Waals surface area contributed by atoms with Crippen molar-refractivity contribution in [3.63, 3.8) is 0 Å². The predicted octanol–water partition coefficient (Wildman–Crippen LogP) is 1.01. The van der Waals surface area contributed by atoms with Crippen LogP contribution in [0.3, 0.4) is 0 Å². The van der Waals surface area contributed by atoms with Gasteiger partial charge in [-0.05, 0) is 13.8 Å². The highest BCUT2D eigenvalue weighted by Gasteiger charge is 1.97. The lowest BCUT2D eigenvalue weighted by Crippen LogP contribution is -1.96. The van der Waals surface area contributed by atoms with Crippen molar-refractivity contribution < 1.29 is 14.6 Å². The average molecular weight is 130 g/mol. The fourth-order valence-corrected chi connectivity index (χ4v) is 0.259. The van der Waals surface area contributed by atoms with E-state index in [9.17, 15) is 4.79 Å². The Balaban J connectivity index is 3.69. The first-order valence-corrected chi connectivity index (χ1v) is 2.70. The third kappa shape index (κ3) is 3.58. The third-order valence-electron chi connectivity index (χ3n) is 0.764. The van der Waals surface area contributed by atoms with E-state index in [2.05, 4.69) is 0 Å². The molecule has 3 heteroatoms. The van der Waals surface area contributed by atoms with Crippen molar-refractivity contribution in [2.24, 2.45) is 0 Å². The van der Waals surface area contributed by atoms with Crippen LogP contribution in [0.4, 0.5) is 0 Å². The number of carbonyl (C=O) groups is 1. The molecule has 9 heavy (non-hydrogen) atoms. The van der Waals surface area contributed by atoms with E-state index >= 15 is 0 Å². The number of carboxylic acids is 1. The average Bonchev–Trinajstić information content (AvgIpc) is 1.82. The predicted molar refractivity (Wildman–Crippen MR) is 33.0 cm³/mol. The molecule has 0 aliphatic carbocycles. The molecule has 52 valence electrons. The summed E-state index contributed by atoms with van der Waals surface area (Å²) in [5.74, 6) is -0.941. The molecule has 0 aromatic rings. The Morgan fingerprint density at radius 1 is 1.78 bits per heavy atom. The lowest BCUT2D eigenvalue weighted by atomic mass is 10.3. The van der Waals surface area contributed by atoms with Crippen molar-refractivity contribution in [2.75, 3.05) is 6.61 Å². The summed E-state index contributed by atoms with van der Waals surface area (Å²) < 4.78 is 4.71. The Bertz CT molecular complexity index is 126. The van der Waals surface area contributed by atoms with Gasteiger partial charge in [-0.25, -0.2) is 4.79 Å². The highest BCUT2D eigenvalue weighted by Crippen LogP contribution is 1.91.